The van der Waals surface area contributed by atoms with Crippen molar-refractivity contribution in [3.05, 3.63) is 47.2 Å². The molecular weight excluding hydrogens is 306 g/mol. The molecule has 2 aromatic rings. The van der Waals surface area contributed by atoms with Crippen LogP contribution in [0.1, 0.15) is 68.2 Å². The summed E-state index contributed by atoms with van der Waals surface area (Å²) in [5.41, 5.74) is 11.2. The summed E-state index contributed by atoms with van der Waals surface area (Å²) < 4.78 is 0. The van der Waals surface area contributed by atoms with Gasteiger partial charge in [0.2, 0.25) is 0 Å². The lowest BCUT2D eigenvalue weighted by molar-refractivity contribution is 0.557. The van der Waals surface area contributed by atoms with Gasteiger partial charge in [-0.15, -0.1) is 0 Å². The summed E-state index contributed by atoms with van der Waals surface area (Å²) in [5, 5.41) is 9.70. The van der Waals surface area contributed by atoms with Gasteiger partial charge in [0.25, 0.3) is 0 Å². The van der Waals surface area contributed by atoms with Gasteiger partial charge in [-0.2, -0.15) is 5.26 Å². The zero-order valence-electron chi connectivity index (χ0n) is 14.9. The van der Waals surface area contributed by atoms with Crippen molar-refractivity contribution in [2.24, 2.45) is 0 Å². The lowest BCUT2D eigenvalue weighted by atomic mass is 9.89. The van der Waals surface area contributed by atoms with E-state index >= 15 is 0 Å². The van der Waals surface area contributed by atoms with Gasteiger partial charge in [0.15, 0.2) is 0 Å². The Morgan fingerprint density at radius 1 is 0.840 bits per heavy atom. The number of fused-ring (bicyclic) bond motifs is 1. The van der Waals surface area contributed by atoms with Crippen molar-refractivity contribution < 1.29 is 0 Å². The summed E-state index contributed by atoms with van der Waals surface area (Å²) in [6.07, 6.45) is 12.1. The van der Waals surface area contributed by atoms with E-state index in [1.807, 2.05) is 18.2 Å². The summed E-state index contributed by atoms with van der Waals surface area (Å²) in [6, 6.07) is 12.5. The van der Waals surface area contributed by atoms with Crippen molar-refractivity contribution in [3.8, 4) is 17.2 Å². The zero-order valence-corrected chi connectivity index (χ0v) is 14.9. The normalized spacial score (nSPS) is 16.1. The van der Waals surface area contributed by atoms with Crippen LogP contribution in [-0.2, 0) is 12.8 Å². The molecule has 0 spiro atoms. The Bertz CT molecular complexity index is 744. The van der Waals surface area contributed by atoms with Gasteiger partial charge in [0.05, 0.1) is 0 Å². The monoisotopic (exact) mass is 333 g/mol. The van der Waals surface area contributed by atoms with Crippen LogP contribution in [0, 0.1) is 11.3 Å². The van der Waals surface area contributed by atoms with E-state index in [1.165, 1.54) is 44.1 Å². The largest absolute Gasteiger partial charge is 0.383 e. The van der Waals surface area contributed by atoms with Gasteiger partial charge in [-0.05, 0) is 36.8 Å². The number of nitrogens with two attached hydrogens (primary N) is 1. The predicted molar refractivity (Wildman–Crippen MR) is 103 cm³/mol. The van der Waals surface area contributed by atoms with E-state index in [9.17, 15) is 5.26 Å². The lowest BCUT2D eigenvalue weighted by Crippen LogP contribution is -2.09. The second-order valence-corrected chi connectivity index (χ2v) is 6.98. The number of anilines is 1. The van der Waals surface area contributed by atoms with Crippen LogP contribution in [0.5, 0.6) is 0 Å². The first kappa shape index (κ1) is 17.5. The molecule has 1 aliphatic carbocycles. The van der Waals surface area contributed by atoms with E-state index in [1.54, 1.807) is 0 Å². The summed E-state index contributed by atoms with van der Waals surface area (Å²) in [6.45, 7) is 0. The highest BCUT2D eigenvalue weighted by molar-refractivity contribution is 5.79. The van der Waals surface area contributed by atoms with E-state index in [-0.39, 0.29) is 0 Å². The Morgan fingerprint density at radius 3 is 2.08 bits per heavy atom. The molecule has 3 rings (SSSR count). The van der Waals surface area contributed by atoms with Crippen LogP contribution in [0.2, 0.25) is 0 Å². The summed E-state index contributed by atoms with van der Waals surface area (Å²) in [7, 11) is 0. The van der Waals surface area contributed by atoms with E-state index in [2.05, 4.69) is 23.2 Å². The van der Waals surface area contributed by atoms with Gasteiger partial charge in [0.1, 0.15) is 17.5 Å². The Balaban J connectivity index is 2.09. The maximum Gasteiger partial charge on any atom is 0.142 e. The van der Waals surface area contributed by atoms with Crippen molar-refractivity contribution in [2.45, 2.75) is 64.2 Å². The molecule has 1 heterocycles. The van der Waals surface area contributed by atoms with E-state index < -0.39 is 0 Å². The first-order chi connectivity index (χ1) is 12.3. The second kappa shape index (κ2) is 8.67. The average Bonchev–Trinajstić information content (AvgIpc) is 2.63. The van der Waals surface area contributed by atoms with Crippen LogP contribution in [0.3, 0.4) is 0 Å². The van der Waals surface area contributed by atoms with Crippen molar-refractivity contribution >= 4 is 5.82 Å². The van der Waals surface area contributed by atoms with Gasteiger partial charge < -0.3 is 5.73 Å². The summed E-state index contributed by atoms with van der Waals surface area (Å²) in [4.78, 5) is 4.65. The van der Waals surface area contributed by atoms with Crippen LogP contribution >= 0.6 is 0 Å². The minimum absolute atomic E-state index is 0.382. The molecular formula is C22H27N3. The molecule has 1 aromatic carbocycles. The Morgan fingerprint density at radius 2 is 1.44 bits per heavy atom. The minimum atomic E-state index is 0.382. The quantitative estimate of drug-likeness (QED) is 0.757. The second-order valence-electron chi connectivity index (χ2n) is 6.98. The summed E-state index contributed by atoms with van der Waals surface area (Å²) >= 11 is 0. The molecule has 0 saturated carbocycles. The number of hydrogen-bond acceptors (Lipinski definition) is 3. The first-order valence-corrected chi connectivity index (χ1v) is 9.58. The fourth-order valence-corrected chi connectivity index (χ4v) is 3.86. The van der Waals surface area contributed by atoms with Crippen LogP contribution in [0.25, 0.3) is 11.1 Å². The molecule has 0 atom stereocenters. The fraction of sp³-hybridized carbons (Fsp3) is 0.455. The fourth-order valence-electron chi connectivity index (χ4n) is 3.86. The topological polar surface area (TPSA) is 62.7 Å². The Hall–Kier alpha value is -2.34. The van der Waals surface area contributed by atoms with Crippen LogP contribution in [-0.4, -0.2) is 4.98 Å². The maximum atomic E-state index is 9.70. The number of aryl methyl sites for hydroxylation is 1. The highest BCUT2D eigenvalue weighted by atomic mass is 14.9. The predicted octanol–water partition coefficient (Wildman–Crippen LogP) is 5.42. The van der Waals surface area contributed by atoms with Crippen molar-refractivity contribution in [2.75, 3.05) is 5.73 Å². The molecule has 0 fully saturated rings. The van der Waals surface area contributed by atoms with Gasteiger partial charge in [-0.25, -0.2) is 4.98 Å². The van der Waals surface area contributed by atoms with E-state index in [4.69, 9.17) is 5.73 Å². The highest BCUT2D eigenvalue weighted by Crippen LogP contribution is 2.34. The molecule has 3 nitrogen and oxygen atoms in total. The van der Waals surface area contributed by atoms with Crippen LogP contribution < -0.4 is 5.73 Å². The molecule has 0 radical (unpaired) electrons. The number of pyridine rings is 1. The number of nitrogen functional groups attached to an aromatic ring is 1. The molecule has 1 aromatic heterocycles. The maximum absolute atomic E-state index is 9.70. The Kier molecular flexibility index (Phi) is 6.06. The Labute approximate surface area is 150 Å². The van der Waals surface area contributed by atoms with Crippen LogP contribution in [0.15, 0.2) is 30.3 Å². The van der Waals surface area contributed by atoms with E-state index in [0.717, 1.165) is 42.5 Å². The molecule has 130 valence electrons. The summed E-state index contributed by atoms with van der Waals surface area (Å²) in [5.74, 6) is 0.382. The minimum Gasteiger partial charge on any atom is -0.383 e. The number of nitriles is 1. The first-order valence-electron chi connectivity index (χ1n) is 9.58. The highest BCUT2D eigenvalue weighted by Gasteiger charge is 2.19. The smallest absolute Gasteiger partial charge is 0.142 e. The van der Waals surface area contributed by atoms with Gasteiger partial charge in [0, 0.05) is 11.3 Å². The lowest BCUT2D eigenvalue weighted by Gasteiger charge is -2.18. The molecule has 25 heavy (non-hydrogen) atoms. The average molecular weight is 333 g/mol. The van der Waals surface area contributed by atoms with Crippen molar-refractivity contribution in [3.63, 3.8) is 0 Å². The number of nitrogens with zero attached hydrogens (tertiary/aromatic N) is 2. The molecule has 2 N–H and O–H groups in total. The van der Waals surface area contributed by atoms with Crippen molar-refractivity contribution in [1.82, 2.24) is 4.98 Å². The van der Waals surface area contributed by atoms with Gasteiger partial charge >= 0.3 is 0 Å². The van der Waals surface area contributed by atoms with Crippen molar-refractivity contribution in [1.29, 1.82) is 5.26 Å². The van der Waals surface area contributed by atoms with Gasteiger partial charge in [-0.3, -0.25) is 0 Å². The third-order valence-corrected chi connectivity index (χ3v) is 5.18. The number of rotatable bonds is 1. The molecule has 0 unspecified atom stereocenters. The molecule has 3 heteroatoms. The molecule has 0 saturated heterocycles. The molecule has 0 bridgehead atoms. The number of hydrogen-bond donors (Lipinski definition) is 1. The molecule has 0 amide bonds. The molecule has 1 aliphatic rings. The van der Waals surface area contributed by atoms with Gasteiger partial charge in [-0.1, -0.05) is 68.9 Å². The number of aromatic nitrogens is 1. The zero-order chi connectivity index (χ0) is 17.5. The third kappa shape index (κ3) is 4.20. The standard InChI is InChI=1S/C22H27N3/c23-16-19-21(17-12-8-7-9-13-17)18-14-10-5-3-1-2-4-6-11-15-20(18)25-22(19)24/h7-9,12-13H,1-6,10-11,14-15H2,(H2,24,25). The van der Waals surface area contributed by atoms with E-state index in [0.29, 0.717) is 11.4 Å². The SMILES string of the molecule is N#Cc1c(N)nc2c(c1-c1ccccc1)CCCCCCCCCC2. The molecule has 0 aliphatic heterocycles. The third-order valence-electron chi connectivity index (χ3n) is 5.18. The van der Waals surface area contributed by atoms with Crippen LogP contribution in [0.4, 0.5) is 5.82 Å². The number of benzene rings is 1.